The molecule has 0 N–H and O–H groups in total. The second-order valence-electron chi connectivity index (χ2n) is 24.7. The Labute approximate surface area is 408 Å². The third-order valence-electron chi connectivity index (χ3n) is 15.0. The van der Waals surface area contributed by atoms with E-state index in [-0.39, 0.29) is 33.8 Å². The third kappa shape index (κ3) is 8.20. The Bertz CT molecular complexity index is 3070. The van der Waals surface area contributed by atoms with Gasteiger partial charge in [0.1, 0.15) is 0 Å². The molecule has 0 saturated heterocycles. The first-order valence-corrected chi connectivity index (χ1v) is 25.5. The van der Waals surface area contributed by atoms with Gasteiger partial charge in [-0.2, -0.15) is 0 Å². The quantitative estimate of drug-likeness (QED) is 0.116. The van der Waals surface area contributed by atoms with Crippen molar-refractivity contribution < 1.29 is 0 Å². The minimum atomic E-state index is -0.0510. The summed E-state index contributed by atoms with van der Waals surface area (Å²) in [5.41, 5.74) is 21.9. The van der Waals surface area contributed by atoms with Gasteiger partial charge in [-0.15, -0.1) is 11.3 Å². The maximum Gasteiger partial charge on any atom is 0.254 e. The Morgan fingerprint density at radius 1 is 0.716 bits per heavy atom. The number of benzene rings is 5. The van der Waals surface area contributed by atoms with E-state index in [0.29, 0.717) is 0 Å². The molecule has 1 aliphatic carbocycles. The Kier molecular flexibility index (Phi) is 11.3. The lowest BCUT2D eigenvalue weighted by molar-refractivity contribution is 0.332. The zero-order valence-corrected chi connectivity index (χ0v) is 44.1. The van der Waals surface area contributed by atoms with Crippen molar-refractivity contribution in [1.29, 1.82) is 0 Å². The van der Waals surface area contributed by atoms with Gasteiger partial charge in [-0.3, -0.25) is 0 Å². The average Bonchev–Trinajstić information content (AvgIpc) is 3.61. The van der Waals surface area contributed by atoms with Crippen molar-refractivity contribution in [1.82, 2.24) is 0 Å². The molecule has 0 fully saturated rings. The van der Waals surface area contributed by atoms with Crippen molar-refractivity contribution in [3.8, 4) is 11.1 Å². The number of fused-ring (bicyclic) bond motifs is 7. The second kappa shape index (κ2) is 16.2. The van der Waals surface area contributed by atoms with Gasteiger partial charge in [-0.25, -0.2) is 0 Å². The fourth-order valence-corrected chi connectivity index (χ4v) is 12.2. The van der Waals surface area contributed by atoms with Crippen LogP contribution < -0.4 is 26.2 Å². The minimum absolute atomic E-state index is 0.00729. The van der Waals surface area contributed by atoms with Crippen molar-refractivity contribution in [2.75, 3.05) is 9.80 Å². The van der Waals surface area contributed by atoms with Gasteiger partial charge in [0, 0.05) is 33.0 Å². The summed E-state index contributed by atoms with van der Waals surface area (Å²) in [6.07, 6.45) is 12.2. The highest BCUT2D eigenvalue weighted by Gasteiger charge is 2.47. The van der Waals surface area contributed by atoms with E-state index in [1.54, 1.807) is 0 Å². The van der Waals surface area contributed by atoms with Crippen LogP contribution in [0, 0.1) is 12.3 Å². The predicted octanol–water partition coefficient (Wildman–Crippen LogP) is 16.7. The first kappa shape index (κ1) is 46.8. The van der Waals surface area contributed by atoms with Crippen LogP contribution in [0.2, 0.25) is 0 Å². The molecule has 0 bridgehead atoms. The van der Waals surface area contributed by atoms with E-state index in [1.165, 1.54) is 106 Å². The first-order chi connectivity index (χ1) is 31.3. The molecule has 0 amide bonds. The van der Waals surface area contributed by atoms with Crippen LogP contribution in [-0.4, -0.2) is 6.71 Å². The molecule has 2 nitrogen and oxygen atoms in total. The monoisotopic (exact) mass is 901 g/mol. The summed E-state index contributed by atoms with van der Waals surface area (Å²) in [4.78, 5) is 5.20. The van der Waals surface area contributed by atoms with Crippen molar-refractivity contribution in [3.63, 3.8) is 0 Å². The summed E-state index contributed by atoms with van der Waals surface area (Å²) in [5, 5.41) is 2.61. The largest absolute Gasteiger partial charge is 0.311 e. The van der Waals surface area contributed by atoms with Crippen LogP contribution in [0.3, 0.4) is 0 Å². The normalized spacial score (nSPS) is 16.5. The number of nitrogens with zero attached hydrogens (tertiary/aromatic N) is 2. The van der Waals surface area contributed by atoms with E-state index in [1.807, 2.05) is 17.4 Å². The zero-order chi connectivity index (χ0) is 48.3. The molecule has 9 rings (SSSR count). The van der Waals surface area contributed by atoms with E-state index < -0.39 is 0 Å². The fraction of sp³-hybridized carbons (Fsp3) is 0.365. The Hall–Kier alpha value is -5.32. The molecule has 3 aliphatic rings. The lowest BCUT2D eigenvalue weighted by atomic mass is 9.33. The van der Waals surface area contributed by atoms with Gasteiger partial charge in [0.15, 0.2) is 0 Å². The summed E-state index contributed by atoms with van der Waals surface area (Å²) in [6, 6.07) is 34.1. The smallest absolute Gasteiger partial charge is 0.254 e. The van der Waals surface area contributed by atoms with Gasteiger partial charge in [-0.05, 0) is 164 Å². The highest BCUT2D eigenvalue weighted by Crippen LogP contribution is 2.52. The number of anilines is 5. The molecule has 2 aliphatic heterocycles. The molecule has 4 heteroatoms. The standard InChI is InChI=1S/C63H73BN2S/c1-18-20-45(21-19-30-59(5,6)7)65-53-35-42(39(2)3)36-54-57(53)64(56-47-33-40(4)22-29-55(47)67-58(56)65)50-38-44(61(11,12)13)25-28-52(50)66(54)51-27-24-43(60(8,9)10)37-46(51)41-23-26-48-49(34-41)63(16,17)32-31-62(48,14)15/h18-29,33-38H,1-2,30-32H2,3-17H3/b21-19-,45-20+. The molecule has 344 valence electrons. The number of rotatable bonds is 7. The van der Waals surface area contributed by atoms with Gasteiger partial charge in [-0.1, -0.05) is 175 Å². The van der Waals surface area contributed by atoms with Crippen molar-refractivity contribution >= 4 is 77.8 Å². The van der Waals surface area contributed by atoms with Crippen LogP contribution in [0.25, 0.3) is 26.8 Å². The van der Waals surface area contributed by atoms with Gasteiger partial charge < -0.3 is 9.80 Å². The molecule has 1 aromatic heterocycles. The topological polar surface area (TPSA) is 6.48 Å². The third-order valence-corrected chi connectivity index (χ3v) is 16.2. The predicted molar refractivity (Wildman–Crippen MR) is 299 cm³/mol. The van der Waals surface area contributed by atoms with Crippen LogP contribution in [-0.2, 0) is 21.7 Å². The molecule has 0 saturated carbocycles. The Morgan fingerprint density at radius 2 is 1.36 bits per heavy atom. The highest BCUT2D eigenvalue weighted by molar-refractivity contribution is 7.26. The molecule has 0 unspecified atom stereocenters. The van der Waals surface area contributed by atoms with E-state index in [4.69, 9.17) is 0 Å². The zero-order valence-electron chi connectivity index (χ0n) is 43.3. The minimum Gasteiger partial charge on any atom is -0.311 e. The van der Waals surface area contributed by atoms with Crippen LogP contribution >= 0.6 is 11.3 Å². The van der Waals surface area contributed by atoms with Crippen molar-refractivity contribution in [2.45, 2.75) is 145 Å². The number of hydrogen-bond acceptors (Lipinski definition) is 3. The summed E-state index contributed by atoms with van der Waals surface area (Å²) >= 11 is 1.91. The fourth-order valence-electron chi connectivity index (χ4n) is 10.9. The summed E-state index contributed by atoms with van der Waals surface area (Å²) in [7, 11) is 0. The Morgan fingerprint density at radius 3 is 2.00 bits per heavy atom. The highest BCUT2D eigenvalue weighted by atomic mass is 32.1. The number of hydrogen-bond donors (Lipinski definition) is 0. The molecule has 0 radical (unpaired) electrons. The lowest BCUT2D eigenvalue weighted by Gasteiger charge is -2.45. The van der Waals surface area contributed by atoms with Crippen LogP contribution in [0.5, 0.6) is 0 Å². The second-order valence-corrected chi connectivity index (χ2v) is 25.7. The average molecular weight is 901 g/mol. The lowest BCUT2D eigenvalue weighted by Crippen LogP contribution is -2.61. The molecule has 0 atom stereocenters. The van der Waals surface area contributed by atoms with Gasteiger partial charge >= 0.3 is 0 Å². The van der Waals surface area contributed by atoms with Crippen molar-refractivity contribution in [3.05, 3.63) is 161 Å². The van der Waals surface area contributed by atoms with E-state index >= 15 is 0 Å². The van der Waals surface area contributed by atoms with Crippen LogP contribution in [0.1, 0.15) is 150 Å². The molecule has 67 heavy (non-hydrogen) atoms. The molecule has 0 spiro atoms. The van der Waals surface area contributed by atoms with Gasteiger partial charge in [0.25, 0.3) is 6.71 Å². The maximum atomic E-state index is 4.63. The van der Waals surface area contributed by atoms with Crippen molar-refractivity contribution in [2.24, 2.45) is 5.41 Å². The Balaban J connectivity index is 1.42. The summed E-state index contributed by atoms with van der Waals surface area (Å²) < 4.78 is 1.31. The number of allylic oxidation sites excluding steroid dienone is 5. The van der Waals surface area contributed by atoms with Crippen LogP contribution in [0.15, 0.2) is 128 Å². The van der Waals surface area contributed by atoms with Gasteiger partial charge in [0.05, 0.1) is 10.7 Å². The van der Waals surface area contributed by atoms with E-state index in [0.717, 1.165) is 23.3 Å². The molecular formula is C63H73BN2S. The van der Waals surface area contributed by atoms with E-state index in [9.17, 15) is 0 Å². The number of aryl methyl sites for hydroxylation is 1. The SMILES string of the molecule is C=C/C=C(\C=C/CC(C)(C)C)N1c2cc(C(=C)C)cc3c2B(c2cc(C(C)(C)C)ccc2N3c2ccc(C(C)(C)C)cc2-c2ccc3c(c2)C(C)(C)CCC3(C)C)c2c1sc1ccc(C)cc21. The summed E-state index contributed by atoms with van der Waals surface area (Å²) in [6.45, 7) is 44.1. The molecule has 5 aromatic carbocycles. The molecule has 3 heterocycles. The van der Waals surface area contributed by atoms with Gasteiger partial charge in [0.2, 0.25) is 0 Å². The maximum absolute atomic E-state index is 4.63. The summed E-state index contributed by atoms with van der Waals surface area (Å²) in [5.74, 6) is 0. The molecular weight excluding hydrogens is 828 g/mol. The van der Waals surface area contributed by atoms with Crippen LogP contribution in [0.4, 0.5) is 27.8 Å². The molecule has 6 aromatic rings. The first-order valence-electron chi connectivity index (χ1n) is 24.7. The number of thiophene rings is 1. The van der Waals surface area contributed by atoms with E-state index in [2.05, 4.69) is 230 Å².